The van der Waals surface area contributed by atoms with Crippen LogP contribution in [0.15, 0.2) is 67.4 Å². The molecule has 0 radical (unpaired) electrons. The summed E-state index contributed by atoms with van der Waals surface area (Å²) in [5, 5.41) is 8.35. The molecule has 12 heteroatoms. The highest BCUT2D eigenvalue weighted by Gasteiger charge is 2.19. The molecule has 1 aromatic heterocycles. The molecule has 3 aromatic carbocycles. The van der Waals surface area contributed by atoms with Crippen molar-refractivity contribution in [3.8, 4) is 11.5 Å². The normalized spacial score (nSPS) is 11.2. The van der Waals surface area contributed by atoms with Crippen molar-refractivity contribution in [2.75, 3.05) is 19.0 Å². The Hall–Kier alpha value is -2.92. The number of methoxy groups -OCH3 is 1. The number of aryl methyl sites for hydroxylation is 1. The van der Waals surface area contributed by atoms with Crippen LogP contribution in [0.3, 0.4) is 0 Å². The number of amides is 1. The van der Waals surface area contributed by atoms with Crippen LogP contribution < -0.4 is 20.3 Å². The number of hydrogen-bond donors (Lipinski definition) is 1. The average Bonchev–Trinajstić information content (AvgIpc) is 2.92. The van der Waals surface area contributed by atoms with Crippen LogP contribution in [0.4, 0.5) is 5.69 Å². The summed E-state index contributed by atoms with van der Waals surface area (Å²) in [7, 11) is 1.45. The predicted molar refractivity (Wildman–Crippen MR) is 162 cm³/mol. The summed E-state index contributed by atoms with van der Waals surface area (Å²) in [6, 6.07) is 13.7. The molecule has 0 aliphatic carbocycles. The van der Waals surface area contributed by atoms with Gasteiger partial charge in [-0.2, -0.15) is 9.78 Å². The SMILES string of the molecule is CCCc1nc2ccc(Br)cc2c(=O)n1N=Cc1cc(OC)c(OCC(=O)Nc2ccc(Cl)cc2)c(Cl)c1Br. The number of aromatic nitrogens is 2. The molecule has 8 nitrogen and oxygen atoms in total. The van der Waals surface area contributed by atoms with Crippen LogP contribution in [0.5, 0.6) is 11.5 Å². The summed E-state index contributed by atoms with van der Waals surface area (Å²) in [6.45, 7) is 1.69. The molecule has 0 spiro atoms. The van der Waals surface area contributed by atoms with Gasteiger partial charge in [-0.1, -0.05) is 46.1 Å². The van der Waals surface area contributed by atoms with Crippen molar-refractivity contribution in [3.05, 3.63) is 89.3 Å². The maximum atomic E-state index is 13.3. The van der Waals surface area contributed by atoms with E-state index in [2.05, 4.69) is 47.3 Å². The van der Waals surface area contributed by atoms with E-state index in [-0.39, 0.29) is 28.7 Å². The molecule has 39 heavy (non-hydrogen) atoms. The van der Waals surface area contributed by atoms with Crippen molar-refractivity contribution in [1.29, 1.82) is 0 Å². The second kappa shape index (κ2) is 13.0. The fourth-order valence-corrected chi connectivity index (χ4v) is 4.81. The Labute approximate surface area is 251 Å². The maximum absolute atomic E-state index is 13.3. The first-order chi connectivity index (χ1) is 18.7. The van der Waals surface area contributed by atoms with E-state index < -0.39 is 5.91 Å². The highest BCUT2D eigenvalue weighted by atomic mass is 79.9. The molecule has 0 aliphatic rings. The molecule has 0 unspecified atom stereocenters. The van der Waals surface area contributed by atoms with Crippen LogP contribution in [0.25, 0.3) is 10.9 Å². The van der Waals surface area contributed by atoms with Crippen LogP contribution in [0.1, 0.15) is 24.7 Å². The molecule has 0 atom stereocenters. The molecule has 0 bridgehead atoms. The van der Waals surface area contributed by atoms with Crippen LogP contribution in [0, 0.1) is 0 Å². The summed E-state index contributed by atoms with van der Waals surface area (Å²) in [4.78, 5) is 30.3. The first kappa shape index (κ1) is 29.1. The Morgan fingerprint density at radius 1 is 1.15 bits per heavy atom. The van der Waals surface area contributed by atoms with Crippen molar-refractivity contribution < 1.29 is 14.3 Å². The zero-order chi connectivity index (χ0) is 28.1. The fourth-order valence-electron chi connectivity index (χ4n) is 3.67. The number of ether oxygens (including phenoxy) is 2. The van der Waals surface area contributed by atoms with E-state index in [1.165, 1.54) is 18.0 Å². The molecule has 4 rings (SSSR count). The molecular weight excluding hydrogens is 675 g/mol. The summed E-state index contributed by atoms with van der Waals surface area (Å²) >= 11 is 19.3. The maximum Gasteiger partial charge on any atom is 0.282 e. The zero-order valence-corrected chi connectivity index (χ0v) is 25.5. The number of benzene rings is 3. The fraction of sp³-hybridized carbons (Fsp3) is 0.185. The van der Waals surface area contributed by atoms with Crippen LogP contribution in [-0.2, 0) is 11.2 Å². The standard InChI is InChI=1S/C27H22Br2Cl2N4O4/c1-3-4-22-34-20-10-5-16(28)12-19(20)27(37)35(22)32-13-15-11-21(38-2)26(25(31)24(15)29)39-14-23(36)33-18-8-6-17(30)7-9-18/h5-13H,3-4,14H2,1-2H3,(H,33,36). The Morgan fingerprint density at radius 2 is 1.90 bits per heavy atom. The Kier molecular flexibility index (Phi) is 9.66. The molecule has 202 valence electrons. The van der Waals surface area contributed by atoms with E-state index in [9.17, 15) is 9.59 Å². The van der Waals surface area contributed by atoms with Gasteiger partial charge in [-0.25, -0.2) is 4.98 Å². The van der Waals surface area contributed by atoms with Crippen molar-refractivity contribution >= 4 is 83.8 Å². The van der Waals surface area contributed by atoms with Crippen molar-refractivity contribution in [2.45, 2.75) is 19.8 Å². The monoisotopic (exact) mass is 694 g/mol. The van der Waals surface area contributed by atoms with E-state index in [4.69, 9.17) is 32.7 Å². The highest BCUT2D eigenvalue weighted by molar-refractivity contribution is 9.10. The lowest BCUT2D eigenvalue weighted by atomic mass is 10.2. The number of nitrogens with zero attached hydrogens (tertiary/aromatic N) is 3. The summed E-state index contributed by atoms with van der Waals surface area (Å²) in [5.41, 5.74) is 1.41. The second-order valence-electron chi connectivity index (χ2n) is 8.27. The Balaban J connectivity index is 1.62. The third-order valence-electron chi connectivity index (χ3n) is 5.51. The van der Waals surface area contributed by atoms with Gasteiger partial charge in [0.15, 0.2) is 18.1 Å². The lowest BCUT2D eigenvalue weighted by molar-refractivity contribution is -0.118. The number of nitrogens with one attached hydrogen (secondary N) is 1. The molecule has 0 fully saturated rings. The molecule has 0 saturated heterocycles. The van der Waals surface area contributed by atoms with Gasteiger partial charge < -0.3 is 14.8 Å². The number of fused-ring (bicyclic) bond motifs is 1. The molecule has 0 saturated carbocycles. The van der Waals surface area contributed by atoms with Crippen LogP contribution in [0.2, 0.25) is 10.0 Å². The lowest BCUT2D eigenvalue weighted by Gasteiger charge is -2.15. The third kappa shape index (κ3) is 6.81. The Morgan fingerprint density at radius 3 is 2.59 bits per heavy atom. The van der Waals surface area contributed by atoms with E-state index in [0.717, 1.165) is 10.9 Å². The minimum Gasteiger partial charge on any atom is -0.493 e. The number of anilines is 1. The molecular formula is C27H22Br2Cl2N4O4. The molecule has 1 amide bonds. The van der Waals surface area contributed by atoms with Crippen molar-refractivity contribution in [1.82, 2.24) is 9.66 Å². The molecule has 4 aromatic rings. The van der Waals surface area contributed by atoms with Gasteiger partial charge in [0.1, 0.15) is 10.8 Å². The number of carbonyl (C=O) groups is 1. The van der Waals surface area contributed by atoms with Gasteiger partial charge in [-0.05, 0) is 70.9 Å². The quantitative estimate of drug-likeness (QED) is 0.189. The largest absolute Gasteiger partial charge is 0.493 e. The third-order valence-corrected chi connectivity index (χ3v) is 7.70. The number of halogens is 4. The van der Waals surface area contributed by atoms with Gasteiger partial charge in [-0.15, -0.1) is 0 Å². The zero-order valence-electron chi connectivity index (χ0n) is 20.8. The van der Waals surface area contributed by atoms with Crippen LogP contribution in [-0.4, -0.2) is 35.5 Å². The van der Waals surface area contributed by atoms with E-state index in [1.807, 2.05) is 13.0 Å². The van der Waals surface area contributed by atoms with Gasteiger partial charge in [-0.3, -0.25) is 9.59 Å². The van der Waals surface area contributed by atoms with Gasteiger partial charge >= 0.3 is 0 Å². The van der Waals surface area contributed by atoms with Crippen molar-refractivity contribution in [2.24, 2.45) is 5.10 Å². The summed E-state index contributed by atoms with van der Waals surface area (Å²) < 4.78 is 13.7. The summed E-state index contributed by atoms with van der Waals surface area (Å²) in [6.07, 6.45) is 2.83. The topological polar surface area (TPSA) is 94.8 Å². The molecule has 0 aliphatic heterocycles. The predicted octanol–water partition coefficient (Wildman–Crippen LogP) is 7.09. The first-order valence-electron chi connectivity index (χ1n) is 11.7. The Bertz CT molecular complexity index is 1630. The smallest absolute Gasteiger partial charge is 0.282 e. The lowest BCUT2D eigenvalue weighted by Crippen LogP contribution is -2.22. The first-order valence-corrected chi connectivity index (χ1v) is 14.1. The van der Waals surface area contributed by atoms with E-state index in [1.54, 1.807) is 42.5 Å². The van der Waals surface area contributed by atoms with E-state index in [0.29, 0.717) is 43.9 Å². The number of carbonyl (C=O) groups excluding carboxylic acids is 1. The summed E-state index contributed by atoms with van der Waals surface area (Å²) in [5.74, 6) is 0.603. The van der Waals surface area contributed by atoms with Gasteiger partial charge in [0, 0.05) is 31.6 Å². The number of hydrogen-bond acceptors (Lipinski definition) is 6. The van der Waals surface area contributed by atoms with Gasteiger partial charge in [0.25, 0.3) is 11.5 Å². The molecule has 1 heterocycles. The van der Waals surface area contributed by atoms with Gasteiger partial charge in [0.2, 0.25) is 0 Å². The minimum absolute atomic E-state index is 0.176. The van der Waals surface area contributed by atoms with Crippen LogP contribution >= 0.6 is 55.1 Å². The van der Waals surface area contributed by atoms with E-state index >= 15 is 0 Å². The number of rotatable bonds is 9. The van der Waals surface area contributed by atoms with Crippen molar-refractivity contribution in [3.63, 3.8) is 0 Å². The average molecular weight is 697 g/mol. The highest BCUT2D eigenvalue weighted by Crippen LogP contribution is 2.42. The van der Waals surface area contributed by atoms with Gasteiger partial charge in [0.05, 0.1) is 24.2 Å². The second-order valence-corrected chi connectivity index (χ2v) is 10.8. The molecule has 1 N–H and O–H groups in total. The minimum atomic E-state index is -0.393.